The average molecular weight is 319 g/mol. The number of unbranched alkanes of at least 4 members (excludes halogenated alkanes) is 1. The van der Waals surface area contributed by atoms with Gasteiger partial charge < -0.3 is 14.4 Å². The molecule has 0 saturated carbocycles. The van der Waals surface area contributed by atoms with Crippen LogP contribution in [0, 0.1) is 5.92 Å². The minimum absolute atomic E-state index is 0.135. The monoisotopic (exact) mass is 319 g/mol. The maximum absolute atomic E-state index is 12.5. The number of aliphatic hydroxyl groups is 1. The topological polar surface area (TPSA) is 70.8 Å². The predicted octanol–water partition coefficient (Wildman–Crippen LogP) is 3.78. The van der Waals surface area contributed by atoms with E-state index >= 15 is 0 Å². The second-order valence-electron chi connectivity index (χ2n) is 6.11. The molecule has 0 radical (unpaired) electrons. The van der Waals surface area contributed by atoms with E-state index in [0.717, 1.165) is 25.7 Å². The van der Waals surface area contributed by atoms with E-state index in [1.807, 2.05) is 0 Å². The third-order valence-electron chi connectivity index (χ3n) is 4.49. The number of amides is 1. The number of ketones is 1. The number of Topliss-reactive ketones (excluding diaryl/α,β-unsaturated/α-hetero) is 1. The molecule has 0 unspecified atom stereocenters. The number of carbonyl (C=O) groups excluding carboxylic acids is 2. The molecule has 0 spiro atoms. The first-order valence-corrected chi connectivity index (χ1v) is 8.29. The number of rotatable bonds is 8. The highest BCUT2D eigenvalue weighted by Crippen LogP contribution is 2.38. The van der Waals surface area contributed by atoms with Gasteiger partial charge in [0.1, 0.15) is 11.8 Å². The normalized spacial score (nSPS) is 19.5. The summed E-state index contributed by atoms with van der Waals surface area (Å²) in [6.45, 7) is 6.12. The van der Waals surface area contributed by atoms with Crippen molar-refractivity contribution in [2.45, 2.75) is 52.5 Å². The number of hydrogen-bond acceptors (Lipinski definition) is 4. The van der Waals surface area contributed by atoms with E-state index in [2.05, 4.69) is 13.8 Å². The van der Waals surface area contributed by atoms with Crippen molar-refractivity contribution in [2.24, 2.45) is 5.92 Å². The van der Waals surface area contributed by atoms with Crippen LogP contribution in [0.3, 0.4) is 0 Å². The SMILES string of the molecule is CCCC[C@@H](CC)CN1C(=O)C(O)=C(C(C)=O)[C@@H]1c1ccco1. The summed E-state index contributed by atoms with van der Waals surface area (Å²) in [6, 6.07) is 2.84. The predicted molar refractivity (Wildman–Crippen MR) is 86.8 cm³/mol. The fourth-order valence-electron chi connectivity index (χ4n) is 3.14. The fourth-order valence-corrected chi connectivity index (χ4v) is 3.14. The Morgan fingerprint density at radius 2 is 2.17 bits per heavy atom. The number of nitrogens with zero attached hydrogens (tertiary/aromatic N) is 1. The summed E-state index contributed by atoms with van der Waals surface area (Å²) in [5.41, 5.74) is 0.135. The number of aliphatic hydroxyl groups excluding tert-OH is 1. The first kappa shape index (κ1) is 17.3. The van der Waals surface area contributed by atoms with Gasteiger partial charge in [0.25, 0.3) is 5.91 Å². The van der Waals surface area contributed by atoms with Gasteiger partial charge in [-0.3, -0.25) is 9.59 Å². The van der Waals surface area contributed by atoms with Crippen LogP contribution in [0.15, 0.2) is 34.1 Å². The van der Waals surface area contributed by atoms with E-state index in [1.165, 1.54) is 13.2 Å². The lowest BCUT2D eigenvalue weighted by molar-refractivity contribution is -0.130. The smallest absolute Gasteiger partial charge is 0.290 e. The molecule has 0 aromatic carbocycles. The van der Waals surface area contributed by atoms with Gasteiger partial charge in [-0.1, -0.05) is 33.1 Å². The van der Waals surface area contributed by atoms with Crippen LogP contribution in [-0.2, 0) is 9.59 Å². The zero-order valence-corrected chi connectivity index (χ0v) is 14.0. The molecule has 0 bridgehead atoms. The second-order valence-corrected chi connectivity index (χ2v) is 6.11. The van der Waals surface area contributed by atoms with Crippen LogP contribution < -0.4 is 0 Å². The molecule has 1 aromatic rings. The van der Waals surface area contributed by atoms with Crippen LogP contribution in [0.1, 0.15) is 58.3 Å². The Morgan fingerprint density at radius 1 is 1.43 bits per heavy atom. The Hall–Kier alpha value is -2.04. The van der Waals surface area contributed by atoms with E-state index in [4.69, 9.17) is 4.42 Å². The lowest BCUT2D eigenvalue weighted by atomic mass is 9.97. The summed E-state index contributed by atoms with van der Waals surface area (Å²) in [4.78, 5) is 26.0. The van der Waals surface area contributed by atoms with Crippen LogP contribution in [0.25, 0.3) is 0 Å². The van der Waals surface area contributed by atoms with Gasteiger partial charge >= 0.3 is 0 Å². The minimum Gasteiger partial charge on any atom is -0.503 e. The van der Waals surface area contributed by atoms with E-state index in [1.54, 1.807) is 17.0 Å². The molecule has 2 rings (SSSR count). The van der Waals surface area contributed by atoms with Gasteiger partial charge in [-0.25, -0.2) is 0 Å². The van der Waals surface area contributed by atoms with Crippen LogP contribution in [0.4, 0.5) is 0 Å². The van der Waals surface area contributed by atoms with Gasteiger partial charge in [-0.2, -0.15) is 0 Å². The van der Waals surface area contributed by atoms with Crippen molar-refractivity contribution in [2.75, 3.05) is 6.54 Å². The van der Waals surface area contributed by atoms with Crippen LogP contribution in [-0.4, -0.2) is 28.2 Å². The van der Waals surface area contributed by atoms with E-state index in [0.29, 0.717) is 18.2 Å². The maximum atomic E-state index is 12.5. The van der Waals surface area contributed by atoms with Gasteiger partial charge in [0.05, 0.1) is 11.8 Å². The largest absolute Gasteiger partial charge is 0.503 e. The molecule has 1 aliphatic rings. The van der Waals surface area contributed by atoms with Crippen molar-refractivity contribution in [1.82, 2.24) is 4.90 Å². The molecule has 126 valence electrons. The zero-order chi connectivity index (χ0) is 17.0. The molecule has 0 fully saturated rings. The quantitative estimate of drug-likeness (QED) is 0.791. The van der Waals surface area contributed by atoms with E-state index < -0.39 is 17.7 Å². The van der Waals surface area contributed by atoms with Crippen molar-refractivity contribution >= 4 is 11.7 Å². The molecule has 5 heteroatoms. The summed E-state index contributed by atoms with van der Waals surface area (Å²) in [5.74, 6) is -0.370. The Kier molecular flexibility index (Phi) is 5.64. The maximum Gasteiger partial charge on any atom is 0.290 e. The second kappa shape index (κ2) is 7.49. The highest BCUT2D eigenvalue weighted by molar-refractivity contribution is 6.07. The van der Waals surface area contributed by atoms with Gasteiger partial charge in [0.2, 0.25) is 0 Å². The standard InChI is InChI=1S/C18H25NO4/c1-4-6-8-13(5-2)11-19-16(14-9-7-10-23-14)15(12(3)20)17(21)18(19)22/h7,9-10,13,16,21H,4-6,8,11H2,1-3H3/t13-,16+/m1/s1. The van der Waals surface area contributed by atoms with Gasteiger partial charge in [0, 0.05) is 6.54 Å². The molecular weight excluding hydrogens is 294 g/mol. The van der Waals surface area contributed by atoms with Gasteiger partial charge in [0.15, 0.2) is 11.5 Å². The van der Waals surface area contributed by atoms with Gasteiger partial charge in [-0.15, -0.1) is 0 Å². The van der Waals surface area contributed by atoms with E-state index in [-0.39, 0.29) is 11.4 Å². The fraction of sp³-hybridized carbons (Fsp3) is 0.556. The molecule has 1 aliphatic heterocycles. The Balaban J connectivity index is 2.30. The Morgan fingerprint density at radius 3 is 2.70 bits per heavy atom. The summed E-state index contributed by atoms with van der Waals surface area (Å²) in [5, 5.41) is 10.2. The molecule has 5 nitrogen and oxygen atoms in total. The molecule has 0 aliphatic carbocycles. The molecule has 23 heavy (non-hydrogen) atoms. The Labute approximate surface area is 137 Å². The Bertz CT molecular complexity index is 588. The van der Waals surface area contributed by atoms with Crippen LogP contribution in [0.2, 0.25) is 0 Å². The highest BCUT2D eigenvalue weighted by atomic mass is 16.3. The minimum atomic E-state index is -0.620. The molecule has 1 amide bonds. The summed E-state index contributed by atoms with van der Waals surface area (Å²) >= 11 is 0. The summed E-state index contributed by atoms with van der Waals surface area (Å²) in [6.07, 6.45) is 5.70. The summed E-state index contributed by atoms with van der Waals surface area (Å²) in [7, 11) is 0. The van der Waals surface area contributed by atoms with Crippen molar-refractivity contribution in [1.29, 1.82) is 0 Å². The number of furan rings is 1. The average Bonchev–Trinajstić information content (AvgIpc) is 3.12. The van der Waals surface area contributed by atoms with Gasteiger partial charge in [-0.05, 0) is 31.4 Å². The first-order valence-electron chi connectivity index (χ1n) is 8.29. The summed E-state index contributed by atoms with van der Waals surface area (Å²) < 4.78 is 5.43. The van der Waals surface area contributed by atoms with Crippen molar-refractivity contribution < 1.29 is 19.1 Å². The third kappa shape index (κ3) is 3.49. The van der Waals surface area contributed by atoms with Crippen LogP contribution >= 0.6 is 0 Å². The molecule has 1 N–H and O–H groups in total. The number of hydrogen-bond donors (Lipinski definition) is 1. The molecule has 1 aromatic heterocycles. The molecule has 2 atom stereocenters. The third-order valence-corrected chi connectivity index (χ3v) is 4.49. The lowest BCUT2D eigenvalue weighted by Crippen LogP contribution is -2.35. The molecule has 2 heterocycles. The molecular formula is C18H25NO4. The zero-order valence-electron chi connectivity index (χ0n) is 14.0. The van der Waals surface area contributed by atoms with Crippen molar-refractivity contribution in [3.05, 3.63) is 35.5 Å². The first-order chi connectivity index (χ1) is 11.0. The highest BCUT2D eigenvalue weighted by Gasteiger charge is 2.44. The van der Waals surface area contributed by atoms with Crippen molar-refractivity contribution in [3.8, 4) is 0 Å². The van der Waals surface area contributed by atoms with Crippen molar-refractivity contribution in [3.63, 3.8) is 0 Å². The van der Waals surface area contributed by atoms with Crippen LogP contribution in [0.5, 0.6) is 0 Å². The lowest BCUT2D eigenvalue weighted by Gasteiger charge is -2.28. The molecule has 0 saturated heterocycles. The van der Waals surface area contributed by atoms with E-state index in [9.17, 15) is 14.7 Å². The number of carbonyl (C=O) groups is 2.